The van der Waals surface area contributed by atoms with Crippen LogP contribution in [0.5, 0.6) is 5.75 Å². The largest absolute Gasteiger partial charge is 0.479 e. The maximum atomic E-state index is 14.2. The molecular formula is C33H29F5N4O5. The zero-order valence-corrected chi connectivity index (χ0v) is 24.7. The first-order chi connectivity index (χ1) is 22.5. The van der Waals surface area contributed by atoms with E-state index in [1.54, 1.807) is 12.1 Å². The number of rotatable bonds is 13. The molecular weight excluding hydrogens is 627 g/mol. The smallest absolute Gasteiger partial charge is 0.268 e. The molecule has 0 saturated carbocycles. The number of carbonyl (C=O) groups is 4. The van der Waals surface area contributed by atoms with Crippen molar-refractivity contribution in [1.82, 2.24) is 20.9 Å². The lowest BCUT2D eigenvalue weighted by molar-refractivity contribution is -0.131. The Morgan fingerprint density at radius 3 is 2.30 bits per heavy atom. The number of H-pyrrole nitrogens is 1. The van der Waals surface area contributed by atoms with Gasteiger partial charge in [0.25, 0.3) is 5.91 Å². The van der Waals surface area contributed by atoms with Gasteiger partial charge in [0.2, 0.25) is 23.4 Å². The van der Waals surface area contributed by atoms with Crippen LogP contribution in [0.3, 0.4) is 0 Å². The van der Waals surface area contributed by atoms with E-state index in [4.69, 9.17) is 4.74 Å². The number of hydrogen-bond donors (Lipinski definition) is 4. The van der Waals surface area contributed by atoms with Crippen molar-refractivity contribution in [2.45, 2.75) is 37.8 Å². The second kappa shape index (κ2) is 14.4. The van der Waals surface area contributed by atoms with E-state index in [0.29, 0.717) is 30.3 Å². The summed E-state index contributed by atoms with van der Waals surface area (Å²) in [6, 6.07) is 11.7. The van der Waals surface area contributed by atoms with E-state index in [0.717, 1.165) is 5.56 Å². The first-order valence-corrected chi connectivity index (χ1v) is 14.7. The number of hydrogen-bond acceptors (Lipinski definition) is 5. The molecule has 5 rings (SSSR count). The molecule has 47 heavy (non-hydrogen) atoms. The zero-order valence-electron chi connectivity index (χ0n) is 24.7. The van der Waals surface area contributed by atoms with E-state index >= 15 is 0 Å². The lowest BCUT2D eigenvalue weighted by atomic mass is 9.95. The van der Waals surface area contributed by atoms with E-state index < -0.39 is 77.0 Å². The van der Waals surface area contributed by atoms with Crippen molar-refractivity contribution in [3.63, 3.8) is 0 Å². The molecule has 1 fully saturated rings. The lowest BCUT2D eigenvalue weighted by Gasteiger charge is -2.24. The molecule has 9 nitrogen and oxygen atoms in total. The molecule has 3 atom stereocenters. The summed E-state index contributed by atoms with van der Waals surface area (Å²) in [6.07, 6.45) is 0.492. The number of aromatic nitrogens is 1. The number of benzene rings is 3. The van der Waals surface area contributed by atoms with Crippen LogP contribution in [0.2, 0.25) is 0 Å². The van der Waals surface area contributed by atoms with Gasteiger partial charge in [-0.05, 0) is 55.5 Å². The summed E-state index contributed by atoms with van der Waals surface area (Å²) in [6.45, 7) is -0.791. The number of aryl methyl sites for hydroxylation is 1. The van der Waals surface area contributed by atoms with Crippen LogP contribution in [-0.4, -0.2) is 53.7 Å². The number of ether oxygens (including phenoxy) is 1. The summed E-state index contributed by atoms with van der Waals surface area (Å²) in [5.41, 5.74) is 1.36. The van der Waals surface area contributed by atoms with Gasteiger partial charge in [-0.15, -0.1) is 0 Å². The Morgan fingerprint density at radius 2 is 1.62 bits per heavy atom. The highest BCUT2D eigenvalue weighted by Gasteiger charge is 2.34. The van der Waals surface area contributed by atoms with Gasteiger partial charge in [0.1, 0.15) is 24.2 Å². The average Bonchev–Trinajstić information content (AvgIpc) is 3.67. The SMILES string of the molecule is O=C(N[C@@H](CCc1ccccc1)C(=O)N[C@@H](C[C@@H]1CCNC1=O)C(=O)COc1c(F)c(F)cc(F)c1F)c1cc2cc(F)ccc2[nH]1. The summed E-state index contributed by atoms with van der Waals surface area (Å²) < 4.78 is 74.2. The Balaban J connectivity index is 1.36. The van der Waals surface area contributed by atoms with Crippen molar-refractivity contribution in [3.8, 4) is 5.75 Å². The Labute approximate surface area is 264 Å². The van der Waals surface area contributed by atoms with Gasteiger partial charge < -0.3 is 25.7 Å². The first kappa shape index (κ1) is 33.1. The molecule has 3 amide bonds. The third-order valence-corrected chi connectivity index (χ3v) is 7.83. The standard InChI is InChI=1S/C33H29F5N4O5/c34-20-7-9-23-19(12-20)14-26(40-23)33(46)41-24(8-6-17-4-2-1-3-5-17)32(45)42-25(13-18-10-11-39-31(18)44)27(43)16-47-30-28(37)21(35)15-22(36)29(30)38/h1-5,7,9,12,14-15,18,24-25,40H,6,8,10-11,13,16H2,(H,39,44)(H,41,46)(H,42,45)/t18-,24-,25-/m0/s1. The molecule has 1 aliphatic rings. The van der Waals surface area contributed by atoms with E-state index in [2.05, 4.69) is 20.9 Å². The predicted octanol–water partition coefficient (Wildman–Crippen LogP) is 4.25. The lowest BCUT2D eigenvalue weighted by Crippen LogP contribution is -2.53. The van der Waals surface area contributed by atoms with Crippen LogP contribution in [0.15, 0.2) is 60.7 Å². The highest BCUT2D eigenvalue weighted by molar-refractivity contribution is 6.01. The van der Waals surface area contributed by atoms with Crippen molar-refractivity contribution < 1.29 is 45.9 Å². The highest BCUT2D eigenvalue weighted by atomic mass is 19.2. The number of aromatic amines is 1. The first-order valence-electron chi connectivity index (χ1n) is 14.7. The zero-order chi connectivity index (χ0) is 33.7. The second-order valence-corrected chi connectivity index (χ2v) is 11.1. The van der Waals surface area contributed by atoms with Gasteiger partial charge in [0.15, 0.2) is 23.2 Å². The van der Waals surface area contributed by atoms with Crippen LogP contribution in [0.1, 0.15) is 35.3 Å². The van der Waals surface area contributed by atoms with Gasteiger partial charge in [-0.3, -0.25) is 19.2 Å². The normalized spacial score (nSPS) is 15.6. The molecule has 2 heterocycles. The molecule has 0 radical (unpaired) electrons. The molecule has 1 saturated heterocycles. The minimum Gasteiger partial charge on any atom is -0.479 e. The minimum atomic E-state index is -1.85. The Bertz CT molecular complexity index is 1790. The fourth-order valence-electron chi connectivity index (χ4n) is 5.31. The van der Waals surface area contributed by atoms with Gasteiger partial charge in [-0.2, -0.15) is 8.78 Å². The Morgan fingerprint density at radius 1 is 0.894 bits per heavy atom. The Kier molecular flexibility index (Phi) is 10.2. The number of carbonyl (C=O) groups excluding carboxylic acids is 4. The molecule has 0 aliphatic carbocycles. The van der Waals surface area contributed by atoms with Crippen molar-refractivity contribution in [2.24, 2.45) is 5.92 Å². The van der Waals surface area contributed by atoms with Gasteiger partial charge in [-0.1, -0.05) is 30.3 Å². The fourth-order valence-corrected chi connectivity index (χ4v) is 5.31. The van der Waals surface area contributed by atoms with E-state index in [1.165, 1.54) is 24.3 Å². The number of fused-ring (bicyclic) bond motifs is 1. The molecule has 3 aromatic carbocycles. The van der Waals surface area contributed by atoms with Gasteiger partial charge >= 0.3 is 0 Å². The molecule has 14 heteroatoms. The maximum Gasteiger partial charge on any atom is 0.268 e. The van der Waals surface area contributed by atoms with E-state index in [9.17, 15) is 41.1 Å². The van der Waals surface area contributed by atoms with Crippen LogP contribution < -0.4 is 20.7 Å². The molecule has 246 valence electrons. The fraction of sp³-hybridized carbons (Fsp3) is 0.273. The number of ketones is 1. The summed E-state index contributed by atoms with van der Waals surface area (Å²) in [5.74, 6) is -12.7. The topological polar surface area (TPSA) is 129 Å². The summed E-state index contributed by atoms with van der Waals surface area (Å²) in [5, 5.41) is 8.19. The summed E-state index contributed by atoms with van der Waals surface area (Å²) in [4.78, 5) is 55.4. The minimum absolute atomic E-state index is 0.0148. The molecule has 1 aliphatic heterocycles. The highest BCUT2D eigenvalue weighted by Crippen LogP contribution is 2.27. The van der Waals surface area contributed by atoms with Crippen molar-refractivity contribution in [3.05, 3.63) is 101 Å². The molecule has 4 N–H and O–H groups in total. The molecule has 4 aromatic rings. The quantitative estimate of drug-likeness (QED) is 0.126. The second-order valence-electron chi connectivity index (χ2n) is 11.1. The average molecular weight is 657 g/mol. The van der Waals surface area contributed by atoms with Gasteiger partial charge in [0, 0.05) is 29.4 Å². The van der Waals surface area contributed by atoms with Crippen LogP contribution in [0.25, 0.3) is 10.9 Å². The van der Waals surface area contributed by atoms with Gasteiger partial charge in [0.05, 0.1) is 6.04 Å². The van der Waals surface area contributed by atoms with Crippen LogP contribution in [0, 0.1) is 35.0 Å². The number of amides is 3. The van der Waals surface area contributed by atoms with Crippen LogP contribution >= 0.6 is 0 Å². The van der Waals surface area contributed by atoms with Crippen molar-refractivity contribution in [2.75, 3.05) is 13.2 Å². The van der Waals surface area contributed by atoms with Gasteiger partial charge in [-0.25, -0.2) is 13.2 Å². The third-order valence-electron chi connectivity index (χ3n) is 7.83. The Hall–Kier alpha value is -5.27. The maximum absolute atomic E-state index is 14.2. The molecule has 0 unspecified atom stereocenters. The van der Waals surface area contributed by atoms with Crippen LogP contribution in [-0.2, 0) is 20.8 Å². The molecule has 0 spiro atoms. The van der Waals surface area contributed by atoms with Crippen molar-refractivity contribution in [1.29, 1.82) is 0 Å². The number of halogens is 5. The third kappa shape index (κ3) is 7.94. The molecule has 1 aromatic heterocycles. The monoisotopic (exact) mass is 656 g/mol. The van der Waals surface area contributed by atoms with Crippen LogP contribution in [0.4, 0.5) is 22.0 Å². The molecule has 0 bridgehead atoms. The van der Waals surface area contributed by atoms with E-state index in [-0.39, 0.29) is 30.5 Å². The number of nitrogens with one attached hydrogen (secondary N) is 4. The summed E-state index contributed by atoms with van der Waals surface area (Å²) in [7, 11) is 0. The summed E-state index contributed by atoms with van der Waals surface area (Å²) >= 11 is 0. The number of Topliss-reactive ketones (excluding diaryl/α,β-unsaturated/α-hetero) is 1. The van der Waals surface area contributed by atoms with Crippen molar-refractivity contribution >= 4 is 34.4 Å². The predicted molar refractivity (Wildman–Crippen MR) is 159 cm³/mol. The van der Waals surface area contributed by atoms with E-state index in [1.807, 2.05) is 18.2 Å².